The van der Waals surface area contributed by atoms with E-state index in [0.717, 1.165) is 17.8 Å². The topological polar surface area (TPSA) is 39.1 Å². The number of nitriles is 1. The van der Waals surface area contributed by atoms with E-state index in [9.17, 15) is 5.26 Å². The van der Waals surface area contributed by atoms with Gasteiger partial charge in [0.1, 0.15) is 6.07 Å². The van der Waals surface area contributed by atoms with E-state index in [-0.39, 0.29) is 0 Å². The molecule has 2 rings (SSSR count). The Bertz CT molecular complexity index is 455. The Labute approximate surface area is 109 Å². The SMILES string of the molecule is CC(C)N(C)c1ccc(CNC2CC2)cc1C#N. The van der Waals surface area contributed by atoms with Gasteiger partial charge in [0.05, 0.1) is 11.3 Å². The third kappa shape index (κ3) is 3.02. The fourth-order valence-electron chi connectivity index (χ4n) is 1.92. The van der Waals surface area contributed by atoms with E-state index in [1.807, 2.05) is 13.1 Å². The molecule has 3 nitrogen and oxygen atoms in total. The number of hydrogen-bond donors (Lipinski definition) is 1. The summed E-state index contributed by atoms with van der Waals surface area (Å²) in [5, 5.41) is 12.7. The number of benzene rings is 1. The van der Waals surface area contributed by atoms with Crippen molar-refractivity contribution >= 4 is 5.69 Å². The van der Waals surface area contributed by atoms with E-state index in [1.54, 1.807) is 0 Å². The van der Waals surface area contributed by atoms with Crippen molar-refractivity contribution in [2.75, 3.05) is 11.9 Å². The minimum absolute atomic E-state index is 0.396. The molecule has 0 aliphatic heterocycles. The van der Waals surface area contributed by atoms with Gasteiger partial charge in [0, 0.05) is 25.7 Å². The Morgan fingerprint density at radius 3 is 2.72 bits per heavy atom. The number of nitrogens with zero attached hydrogens (tertiary/aromatic N) is 2. The molecule has 1 N–H and O–H groups in total. The van der Waals surface area contributed by atoms with Crippen molar-refractivity contribution < 1.29 is 0 Å². The summed E-state index contributed by atoms with van der Waals surface area (Å²) in [7, 11) is 2.03. The van der Waals surface area contributed by atoms with Gasteiger partial charge in [-0.3, -0.25) is 0 Å². The first kappa shape index (κ1) is 12.9. The lowest BCUT2D eigenvalue weighted by atomic mass is 10.1. The molecule has 18 heavy (non-hydrogen) atoms. The maximum absolute atomic E-state index is 9.27. The van der Waals surface area contributed by atoms with E-state index in [2.05, 4.69) is 42.3 Å². The molecular weight excluding hydrogens is 222 g/mol. The first-order valence-corrected chi connectivity index (χ1v) is 6.61. The Kier molecular flexibility index (Phi) is 3.88. The minimum atomic E-state index is 0.396. The highest BCUT2D eigenvalue weighted by atomic mass is 15.1. The van der Waals surface area contributed by atoms with Gasteiger partial charge in [0.2, 0.25) is 0 Å². The van der Waals surface area contributed by atoms with Crippen LogP contribution in [0, 0.1) is 11.3 Å². The molecule has 96 valence electrons. The summed E-state index contributed by atoms with van der Waals surface area (Å²) in [6.45, 7) is 5.12. The second-order valence-electron chi connectivity index (χ2n) is 5.32. The van der Waals surface area contributed by atoms with Gasteiger partial charge < -0.3 is 10.2 Å². The Balaban J connectivity index is 2.14. The lowest BCUT2D eigenvalue weighted by Crippen LogP contribution is -2.26. The molecule has 1 aromatic carbocycles. The molecule has 0 amide bonds. The zero-order valence-corrected chi connectivity index (χ0v) is 11.4. The molecule has 0 saturated heterocycles. The van der Waals surface area contributed by atoms with Crippen molar-refractivity contribution in [3.63, 3.8) is 0 Å². The third-order valence-electron chi connectivity index (χ3n) is 3.51. The molecule has 1 fully saturated rings. The lowest BCUT2D eigenvalue weighted by molar-refractivity contribution is 0.687. The van der Waals surface area contributed by atoms with Crippen LogP contribution in [0.3, 0.4) is 0 Å². The monoisotopic (exact) mass is 243 g/mol. The maximum atomic E-state index is 9.27. The summed E-state index contributed by atoms with van der Waals surface area (Å²) >= 11 is 0. The lowest BCUT2D eigenvalue weighted by Gasteiger charge is -2.25. The van der Waals surface area contributed by atoms with Crippen molar-refractivity contribution in [1.82, 2.24) is 5.32 Å². The highest BCUT2D eigenvalue weighted by molar-refractivity contribution is 5.60. The van der Waals surface area contributed by atoms with Crippen LogP contribution >= 0.6 is 0 Å². The summed E-state index contributed by atoms with van der Waals surface area (Å²) in [6.07, 6.45) is 2.58. The largest absolute Gasteiger partial charge is 0.371 e. The van der Waals surface area contributed by atoms with Crippen molar-refractivity contribution in [3.05, 3.63) is 29.3 Å². The Hall–Kier alpha value is -1.53. The van der Waals surface area contributed by atoms with Crippen molar-refractivity contribution in [1.29, 1.82) is 5.26 Å². The van der Waals surface area contributed by atoms with Crippen LogP contribution in [0.25, 0.3) is 0 Å². The van der Waals surface area contributed by atoms with Crippen LogP contribution in [0.4, 0.5) is 5.69 Å². The second-order valence-corrected chi connectivity index (χ2v) is 5.32. The van der Waals surface area contributed by atoms with Gasteiger partial charge in [-0.15, -0.1) is 0 Å². The molecule has 0 bridgehead atoms. The summed E-state index contributed by atoms with van der Waals surface area (Å²) in [5.41, 5.74) is 2.98. The molecule has 0 atom stereocenters. The van der Waals surface area contributed by atoms with E-state index in [0.29, 0.717) is 12.1 Å². The molecule has 0 unspecified atom stereocenters. The normalized spacial score (nSPS) is 14.6. The van der Waals surface area contributed by atoms with Gasteiger partial charge >= 0.3 is 0 Å². The van der Waals surface area contributed by atoms with Gasteiger partial charge in [-0.25, -0.2) is 0 Å². The zero-order chi connectivity index (χ0) is 13.1. The highest BCUT2D eigenvalue weighted by Gasteiger charge is 2.20. The van der Waals surface area contributed by atoms with Gasteiger partial charge in [-0.05, 0) is 44.4 Å². The molecule has 0 radical (unpaired) electrons. The third-order valence-corrected chi connectivity index (χ3v) is 3.51. The molecule has 0 heterocycles. The average molecular weight is 243 g/mol. The summed E-state index contributed by atoms with van der Waals surface area (Å²) in [6, 6.07) is 9.58. The molecule has 0 spiro atoms. The van der Waals surface area contributed by atoms with Gasteiger partial charge in [0.15, 0.2) is 0 Å². The zero-order valence-electron chi connectivity index (χ0n) is 11.4. The summed E-state index contributed by atoms with van der Waals surface area (Å²) < 4.78 is 0. The second kappa shape index (κ2) is 5.41. The average Bonchev–Trinajstić information content (AvgIpc) is 3.19. The predicted octanol–water partition coefficient (Wildman–Crippen LogP) is 2.65. The van der Waals surface area contributed by atoms with E-state index in [1.165, 1.54) is 18.4 Å². The molecule has 1 aliphatic carbocycles. The quantitative estimate of drug-likeness (QED) is 0.864. The van der Waals surface area contributed by atoms with Crippen LogP contribution < -0.4 is 10.2 Å². The first-order chi connectivity index (χ1) is 8.61. The van der Waals surface area contributed by atoms with Crippen LogP contribution in [0.5, 0.6) is 0 Å². The molecule has 1 saturated carbocycles. The van der Waals surface area contributed by atoms with E-state index >= 15 is 0 Å². The van der Waals surface area contributed by atoms with Crippen molar-refractivity contribution in [2.45, 2.75) is 45.3 Å². The Morgan fingerprint density at radius 2 is 2.17 bits per heavy atom. The van der Waals surface area contributed by atoms with Crippen LogP contribution in [0.2, 0.25) is 0 Å². The fourth-order valence-corrected chi connectivity index (χ4v) is 1.92. The number of nitrogens with one attached hydrogen (secondary N) is 1. The predicted molar refractivity (Wildman–Crippen MR) is 74.6 cm³/mol. The molecule has 0 aromatic heterocycles. The number of rotatable bonds is 5. The van der Waals surface area contributed by atoms with Crippen molar-refractivity contribution in [3.8, 4) is 6.07 Å². The van der Waals surface area contributed by atoms with Gasteiger partial charge in [0.25, 0.3) is 0 Å². The minimum Gasteiger partial charge on any atom is -0.371 e. The molecule has 3 heteroatoms. The highest BCUT2D eigenvalue weighted by Crippen LogP contribution is 2.23. The molecule has 1 aromatic rings. The van der Waals surface area contributed by atoms with E-state index in [4.69, 9.17) is 0 Å². The first-order valence-electron chi connectivity index (χ1n) is 6.61. The number of hydrogen-bond acceptors (Lipinski definition) is 3. The van der Waals surface area contributed by atoms with E-state index < -0.39 is 0 Å². The summed E-state index contributed by atoms with van der Waals surface area (Å²) in [5.74, 6) is 0. The van der Waals surface area contributed by atoms with Gasteiger partial charge in [-0.1, -0.05) is 6.07 Å². The Morgan fingerprint density at radius 1 is 1.44 bits per heavy atom. The molecular formula is C15H21N3. The maximum Gasteiger partial charge on any atom is 0.101 e. The van der Waals surface area contributed by atoms with Crippen LogP contribution in [0.1, 0.15) is 37.8 Å². The van der Waals surface area contributed by atoms with Crippen molar-refractivity contribution in [2.24, 2.45) is 0 Å². The van der Waals surface area contributed by atoms with Crippen LogP contribution in [0.15, 0.2) is 18.2 Å². The van der Waals surface area contributed by atoms with Gasteiger partial charge in [-0.2, -0.15) is 5.26 Å². The molecule has 1 aliphatic rings. The smallest absolute Gasteiger partial charge is 0.101 e. The van der Waals surface area contributed by atoms with Crippen LogP contribution in [-0.2, 0) is 6.54 Å². The fraction of sp³-hybridized carbons (Fsp3) is 0.533. The standard InChI is InChI=1S/C15H21N3/c1-11(2)18(3)15-7-4-12(8-13(15)9-16)10-17-14-5-6-14/h4,7-8,11,14,17H,5-6,10H2,1-3H3. The van der Waals surface area contributed by atoms with Crippen LogP contribution in [-0.4, -0.2) is 19.1 Å². The summed E-state index contributed by atoms with van der Waals surface area (Å²) in [4.78, 5) is 2.14. The number of anilines is 1.